The van der Waals surface area contributed by atoms with Crippen LogP contribution in [0.5, 0.6) is 0 Å². The van der Waals surface area contributed by atoms with Gasteiger partial charge in [0.1, 0.15) is 17.0 Å². The molecule has 5 nitrogen and oxygen atoms in total. The molecular weight excluding hydrogens is 368 g/mol. The molecule has 150 valence electrons. The predicted octanol–water partition coefficient (Wildman–Crippen LogP) is 5.64. The lowest BCUT2D eigenvalue weighted by atomic mass is 9.88. The summed E-state index contributed by atoms with van der Waals surface area (Å²) in [6, 6.07) is 0.373. The number of aryl methyl sites for hydroxylation is 1. The van der Waals surface area contributed by atoms with Gasteiger partial charge in [-0.25, -0.2) is 15.0 Å². The Morgan fingerprint density at radius 1 is 1.25 bits per heavy atom. The average Bonchev–Trinajstić information content (AvgIpc) is 3.04. The van der Waals surface area contributed by atoms with Crippen molar-refractivity contribution in [2.75, 3.05) is 5.32 Å². The van der Waals surface area contributed by atoms with Crippen LogP contribution in [-0.2, 0) is 24.2 Å². The van der Waals surface area contributed by atoms with Crippen molar-refractivity contribution in [2.24, 2.45) is 0 Å². The van der Waals surface area contributed by atoms with Crippen LogP contribution in [0.4, 0.5) is 5.82 Å². The Kier molecular flexibility index (Phi) is 5.27. The molecule has 0 fully saturated rings. The van der Waals surface area contributed by atoms with E-state index in [1.165, 1.54) is 28.6 Å². The second-order valence-corrected chi connectivity index (χ2v) is 9.48. The SMILES string of the molecule is CCCCc1nc2sc3c(N[C@@H](C)CC)ncnc3c2c2c1COC(C)(C)C2. The lowest BCUT2D eigenvalue weighted by Gasteiger charge is -2.33. The summed E-state index contributed by atoms with van der Waals surface area (Å²) in [5.74, 6) is 0.928. The number of rotatable bonds is 6. The van der Waals surface area contributed by atoms with Crippen LogP contribution < -0.4 is 5.32 Å². The minimum Gasteiger partial charge on any atom is -0.370 e. The number of aromatic nitrogens is 3. The molecule has 3 aromatic heterocycles. The third-order valence-corrected chi connectivity index (χ3v) is 6.76. The first kappa shape index (κ1) is 19.5. The number of nitrogens with one attached hydrogen (secondary N) is 1. The molecular formula is C22H30N4OS. The van der Waals surface area contributed by atoms with Gasteiger partial charge in [-0.3, -0.25) is 0 Å². The van der Waals surface area contributed by atoms with Crippen molar-refractivity contribution in [3.05, 3.63) is 23.1 Å². The van der Waals surface area contributed by atoms with Gasteiger partial charge in [-0.05, 0) is 45.6 Å². The molecule has 1 atom stereocenters. The zero-order valence-corrected chi connectivity index (χ0v) is 18.4. The normalized spacial score (nSPS) is 17.0. The van der Waals surface area contributed by atoms with Gasteiger partial charge in [0.05, 0.1) is 22.4 Å². The van der Waals surface area contributed by atoms with Gasteiger partial charge in [0.2, 0.25) is 0 Å². The molecule has 1 aliphatic heterocycles. The molecule has 0 amide bonds. The minimum absolute atomic E-state index is 0.164. The lowest BCUT2D eigenvalue weighted by Crippen LogP contribution is -2.32. The van der Waals surface area contributed by atoms with Gasteiger partial charge >= 0.3 is 0 Å². The van der Waals surface area contributed by atoms with Crippen LogP contribution in [-0.4, -0.2) is 26.6 Å². The number of hydrogen-bond donors (Lipinski definition) is 1. The van der Waals surface area contributed by atoms with Crippen LogP contribution in [0, 0.1) is 0 Å². The zero-order valence-electron chi connectivity index (χ0n) is 17.6. The van der Waals surface area contributed by atoms with Gasteiger partial charge < -0.3 is 10.1 Å². The van der Waals surface area contributed by atoms with Crippen molar-refractivity contribution in [1.82, 2.24) is 15.0 Å². The van der Waals surface area contributed by atoms with Gasteiger partial charge in [-0.1, -0.05) is 20.3 Å². The van der Waals surface area contributed by atoms with E-state index in [2.05, 4.69) is 49.9 Å². The van der Waals surface area contributed by atoms with Crippen molar-refractivity contribution in [3.63, 3.8) is 0 Å². The Morgan fingerprint density at radius 3 is 2.82 bits per heavy atom. The molecule has 0 saturated carbocycles. The number of anilines is 1. The summed E-state index contributed by atoms with van der Waals surface area (Å²) < 4.78 is 7.27. The summed E-state index contributed by atoms with van der Waals surface area (Å²) in [6.45, 7) is 11.6. The Hall–Kier alpha value is -1.79. The molecule has 0 spiro atoms. The Balaban J connectivity index is 1.95. The fraction of sp³-hybridized carbons (Fsp3) is 0.591. The number of thiophene rings is 1. The van der Waals surface area contributed by atoms with Gasteiger partial charge in [0.25, 0.3) is 0 Å². The van der Waals surface area contributed by atoms with Gasteiger partial charge in [-0.2, -0.15) is 0 Å². The molecule has 0 aromatic carbocycles. The molecule has 0 bridgehead atoms. The Labute approximate surface area is 170 Å². The maximum atomic E-state index is 6.16. The summed E-state index contributed by atoms with van der Waals surface area (Å²) in [5, 5.41) is 4.76. The number of unbranched alkanes of at least 4 members (excludes halogenated alkanes) is 1. The lowest BCUT2D eigenvalue weighted by molar-refractivity contribution is -0.0401. The topological polar surface area (TPSA) is 59.9 Å². The second kappa shape index (κ2) is 7.56. The molecule has 0 unspecified atom stereocenters. The van der Waals surface area contributed by atoms with Crippen LogP contribution in [0.2, 0.25) is 0 Å². The Bertz CT molecular complexity index is 1010. The molecule has 1 aliphatic rings. The summed E-state index contributed by atoms with van der Waals surface area (Å²) in [6.07, 6.45) is 6.96. The summed E-state index contributed by atoms with van der Waals surface area (Å²) in [4.78, 5) is 15.4. The van der Waals surface area contributed by atoms with E-state index < -0.39 is 0 Å². The first-order valence-electron chi connectivity index (χ1n) is 10.4. The molecule has 4 rings (SSSR count). The van der Waals surface area contributed by atoms with Crippen LogP contribution in [0.25, 0.3) is 20.4 Å². The maximum Gasteiger partial charge on any atom is 0.147 e. The van der Waals surface area contributed by atoms with Crippen molar-refractivity contribution in [2.45, 2.75) is 85.0 Å². The summed E-state index contributed by atoms with van der Waals surface area (Å²) in [7, 11) is 0. The van der Waals surface area contributed by atoms with Gasteiger partial charge in [0, 0.05) is 29.1 Å². The van der Waals surface area contributed by atoms with Crippen molar-refractivity contribution >= 4 is 37.6 Å². The summed E-state index contributed by atoms with van der Waals surface area (Å²) in [5.41, 5.74) is 4.74. The highest BCUT2D eigenvalue weighted by molar-refractivity contribution is 7.26. The van der Waals surface area contributed by atoms with Gasteiger partial charge in [-0.15, -0.1) is 11.3 Å². The monoisotopic (exact) mass is 398 g/mol. The molecule has 1 N–H and O–H groups in total. The number of ether oxygens (including phenoxy) is 1. The second-order valence-electron chi connectivity index (χ2n) is 8.48. The third-order valence-electron chi connectivity index (χ3n) is 5.68. The van der Waals surface area contributed by atoms with Crippen molar-refractivity contribution in [3.8, 4) is 0 Å². The smallest absolute Gasteiger partial charge is 0.147 e. The number of pyridine rings is 1. The average molecular weight is 399 g/mol. The van der Waals surface area contributed by atoms with E-state index in [0.717, 1.165) is 46.5 Å². The van der Waals surface area contributed by atoms with E-state index in [1.54, 1.807) is 17.7 Å². The largest absolute Gasteiger partial charge is 0.370 e. The third kappa shape index (κ3) is 3.48. The van der Waals surface area contributed by atoms with E-state index in [-0.39, 0.29) is 5.60 Å². The minimum atomic E-state index is -0.164. The fourth-order valence-corrected chi connectivity index (χ4v) is 4.99. The molecule has 6 heteroatoms. The van der Waals surface area contributed by atoms with E-state index in [9.17, 15) is 0 Å². The highest BCUT2D eigenvalue weighted by Crippen LogP contribution is 2.42. The van der Waals surface area contributed by atoms with E-state index in [1.807, 2.05) is 0 Å². The summed E-state index contributed by atoms with van der Waals surface area (Å²) >= 11 is 1.72. The maximum absolute atomic E-state index is 6.16. The highest BCUT2D eigenvalue weighted by atomic mass is 32.1. The first-order chi connectivity index (χ1) is 13.4. The molecule has 4 heterocycles. The number of nitrogens with zero attached hydrogens (tertiary/aromatic N) is 3. The molecule has 28 heavy (non-hydrogen) atoms. The van der Waals surface area contributed by atoms with E-state index in [4.69, 9.17) is 9.72 Å². The fourth-order valence-electron chi connectivity index (χ4n) is 3.86. The molecule has 0 saturated heterocycles. The molecule has 0 radical (unpaired) electrons. The van der Waals surface area contributed by atoms with Gasteiger partial charge in [0.15, 0.2) is 0 Å². The number of hydrogen-bond acceptors (Lipinski definition) is 6. The molecule has 0 aliphatic carbocycles. The predicted molar refractivity (Wildman–Crippen MR) is 117 cm³/mol. The quantitative estimate of drug-likeness (QED) is 0.582. The standard InChI is InChI=1S/C22H30N4OS/c1-6-8-9-16-15-11-27-22(4,5)10-14(15)17-18-19(28-21(17)26-16)20(24-12-23-18)25-13(3)7-2/h12-13H,6-11H2,1-5H3,(H,23,24,25)/t13-/m0/s1. The number of fused-ring (bicyclic) bond motifs is 5. The zero-order chi connectivity index (χ0) is 19.9. The van der Waals surface area contributed by atoms with Crippen molar-refractivity contribution < 1.29 is 4.74 Å². The van der Waals surface area contributed by atoms with Crippen LogP contribution in [0.15, 0.2) is 6.33 Å². The van der Waals surface area contributed by atoms with E-state index >= 15 is 0 Å². The van der Waals surface area contributed by atoms with E-state index in [0.29, 0.717) is 12.6 Å². The molecule has 3 aromatic rings. The Morgan fingerprint density at radius 2 is 2.07 bits per heavy atom. The van der Waals surface area contributed by atoms with Crippen molar-refractivity contribution in [1.29, 1.82) is 0 Å². The first-order valence-corrected chi connectivity index (χ1v) is 11.2. The van der Waals surface area contributed by atoms with Crippen LogP contribution in [0.3, 0.4) is 0 Å². The van der Waals surface area contributed by atoms with Crippen LogP contribution >= 0.6 is 11.3 Å². The highest BCUT2D eigenvalue weighted by Gasteiger charge is 2.31. The van der Waals surface area contributed by atoms with Crippen LogP contribution in [0.1, 0.15) is 70.7 Å².